The zero-order valence-corrected chi connectivity index (χ0v) is 8.26. The normalized spacial score (nSPS) is 10.4. The molecule has 1 rings (SSSR count). The van der Waals surface area contributed by atoms with Crippen LogP contribution in [-0.2, 0) is 11.2 Å². The van der Waals surface area contributed by atoms with E-state index in [-0.39, 0.29) is 12.5 Å². The van der Waals surface area contributed by atoms with Gasteiger partial charge in [-0.3, -0.25) is 4.79 Å². The zero-order chi connectivity index (χ0) is 9.84. The van der Waals surface area contributed by atoms with Crippen molar-refractivity contribution in [3.05, 3.63) is 5.01 Å². The molecule has 1 heterocycles. The summed E-state index contributed by atoms with van der Waals surface area (Å²) in [6, 6.07) is 0.283. The molecule has 0 atom stereocenters. The van der Waals surface area contributed by atoms with Crippen LogP contribution in [0.3, 0.4) is 0 Å². The van der Waals surface area contributed by atoms with Crippen LogP contribution in [0.25, 0.3) is 0 Å². The Labute approximate surface area is 79.8 Å². The third-order valence-electron chi connectivity index (χ3n) is 1.18. The molecule has 0 aliphatic rings. The fourth-order valence-corrected chi connectivity index (χ4v) is 1.64. The second-order valence-electron chi connectivity index (χ2n) is 2.87. The molecule has 13 heavy (non-hydrogen) atoms. The number of rotatable bonds is 4. The molecule has 6 heteroatoms. The molecule has 72 valence electrons. The van der Waals surface area contributed by atoms with Crippen molar-refractivity contribution in [2.45, 2.75) is 26.3 Å². The van der Waals surface area contributed by atoms with Crippen LogP contribution in [-0.4, -0.2) is 27.3 Å². The van der Waals surface area contributed by atoms with E-state index in [2.05, 4.69) is 15.5 Å². The molecule has 0 bridgehead atoms. The Kier molecular flexibility index (Phi) is 3.18. The van der Waals surface area contributed by atoms with Crippen molar-refractivity contribution in [2.75, 3.05) is 5.32 Å². The molecule has 0 radical (unpaired) electrons. The lowest BCUT2D eigenvalue weighted by Gasteiger charge is -2.02. The second-order valence-corrected chi connectivity index (χ2v) is 3.93. The van der Waals surface area contributed by atoms with Gasteiger partial charge in [0.15, 0.2) is 0 Å². The van der Waals surface area contributed by atoms with E-state index in [0.717, 1.165) is 0 Å². The highest BCUT2D eigenvalue weighted by molar-refractivity contribution is 7.15. The van der Waals surface area contributed by atoms with Gasteiger partial charge in [-0.2, -0.15) is 0 Å². The summed E-state index contributed by atoms with van der Waals surface area (Å²) in [5, 5.41) is 20.3. The molecular formula is C7H11N3O2S. The van der Waals surface area contributed by atoms with E-state index in [9.17, 15) is 4.79 Å². The van der Waals surface area contributed by atoms with E-state index >= 15 is 0 Å². The van der Waals surface area contributed by atoms with Gasteiger partial charge in [0.1, 0.15) is 5.01 Å². The molecule has 0 amide bonds. The van der Waals surface area contributed by atoms with E-state index in [4.69, 9.17) is 5.11 Å². The second kappa shape index (κ2) is 4.18. The van der Waals surface area contributed by atoms with Gasteiger partial charge in [-0.05, 0) is 13.8 Å². The third kappa shape index (κ3) is 3.37. The summed E-state index contributed by atoms with van der Waals surface area (Å²) >= 11 is 1.28. The van der Waals surface area contributed by atoms with Crippen molar-refractivity contribution in [3.8, 4) is 0 Å². The maximum absolute atomic E-state index is 10.3. The summed E-state index contributed by atoms with van der Waals surface area (Å²) in [4.78, 5) is 10.3. The number of aromatic nitrogens is 2. The third-order valence-corrected chi connectivity index (χ3v) is 2.04. The maximum Gasteiger partial charge on any atom is 0.310 e. The van der Waals surface area contributed by atoms with Crippen molar-refractivity contribution < 1.29 is 9.90 Å². The molecule has 2 N–H and O–H groups in total. The van der Waals surface area contributed by atoms with Crippen molar-refractivity contribution in [1.29, 1.82) is 0 Å². The number of carbonyl (C=O) groups is 1. The van der Waals surface area contributed by atoms with Crippen LogP contribution in [0.2, 0.25) is 0 Å². The van der Waals surface area contributed by atoms with Gasteiger partial charge in [0.25, 0.3) is 0 Å². The van der Waals surface area contributed by atoms with E-state index in [1.807, 2.05) is 13.8 Å². The SMILES string of the molecule is CC(C)Nc1nnc(CC(=O)O)s1. The van der Waals surface area contributed by atoms with Crippen LogP contribution in [0.4, 0.5) is 5.13 Å². The largest absolute Gasteiger partial charge is 0.481 e. The minimum atomic E-state index is -0.882. The van der Waals surface area contributed by atoms with Gasteiger partial charge < -0.3 is 10.4 Å². The zero-order valence-electron chi connectivity index (χ0n) is 7.44. The number of nitrogens with one attached hydrogen (secondary N) is 1. The molecule has 1 aromatic heterocycles. The molecule has 5 nitrogen and oxygen atoms in total. The molecule has 0 spiro atoms. The van der Waals surface area contributed by atoms with Crippen LogP contribution in [0.5, 0.6) is 0 Å². The summed E-state index contributed by atoms with van der Waals surface area (Å²) in [6.45, 7) is 3.97. The minimum absolute atomic E-state index is 0.0581. The predicted octanol–water partition coefficient (Wildman–Crippen LogP) is 0.986. The highest BCUT2D eigenvalue weighted by Gasteiger charge is 2.07. The first-order chi connectivity index (χ1) is 6.08. The van der Waals surface area contributed by atoms with Crippen molar-refractivity contribution in [1.82, 2.24) is 10.2 Å². The van der Waals surface area contributed by atoms with Gasteiger partial charge in [0, 0.05) is 6.04 Å². The number of nitrogens with zero attached hydrogens (tertiary/aromatic N) is 2. The van der Waals surface area contributed by atoms with Crippen molar-refractivity contribution in [2.24, 2.45) is 0 Å². The minimum Gasteiger partial charge on any atom is -0.481 e. The van der Waals surface area contributed by atoms with Gasteiger partial charge in [-0.25, -0.2) is 0 Å². The van der Waals surface area contributed by atoms with Crippen molar-refractivity contribution >= 4 is 22.4 Å². The summed E-state index contributed by atoms with van der Waals surface area (Å²) in [6.07, 6.45) is -0.0581. The lowest BCUT2D eigenvalue weighted by atomic mass is 10.4. The lowest BCUT2D eigenvalue weighted by molar-refractivity contribution is -0.136. The smallest absolute Gasteiger partial charge is 0.310 e. The molecule has 0 aliphatic carbocycles. The predicted molar refractivity (Wildman–Crippen MR) is 50.0 cm³/mol. The molecule has 0 unspecified atom stereocenters. The topological polar surface area (TPSA) is 75.1 Å². The molecule has 0 saturated carbocycles. The number of anilines is 1. The van der Waals surface area contributed by atoms with Crippen LogP contribution in [0, 0.1) is 0 Å². The van der Waals surface area contributed by atoms with Crippen LogP contribution >= 0.6 is 11.3 Å². The van der Waals surface area contributed by atoms with E-state index < -0.39 is 5.97 Å². The monoisotopic (exact) mass is 201 g/mol. The number of hydrogen-bond donors (Lipinski definition) is 2. The standard InChI is InChI=1S/C7H11N3O2S/c1-4(2)8-7-10-9-5(13-7)3-6(11)12/h4H,3H2,1-2H3,(H,8,10)(H,11,12). The van der Waals surface area contributed by atoms with Crippen LogP contribution < -0.4 is 5.32 Å². The van der Waals surface area contributed by atoms with Crippen LogP contribution in [0.15, 0.2) is 0 Å². The van der Waals surface area contributed by atoms with Gasteiger partial charge in [0.05, 0.1) is 6.42 Å². The highest BCUT2D eigenvalue weighted by atomic mass is 32.1. The number of carboxylic acid groups (broad SMARTS) is 1. The molecule has 1 aromatic rings. The fourth-order valence-electron chi connectivity index (χ4n) is 0.760. The molecule has 0 aromatic carbocycles. The molecule has 0 aliphatic heterocycles. The fraction of sp³-hybridized carbons (Fsp3) is 0.571. The van der Waals surface area contributed by atoms with E-state index in [1.165, 1.54) is 11.3 Å². The molecule has 0 saturated heterocycles. The van der Waals surface area contributed by atoms with Gasteiger partial charge in [-0.15, -0.1) is 10.2 Å². The summed E-state index contributed by atoms with van der Waals surface area (Å²) in [5.41, 5.74) is 0. The average molecular weight is 201 g/mol. The average Bonchev–Trinajstić information content (AvgIpc) is 2.33. The van der Waals surface area contributed by atoms with Gasteiger partial charge in [0.2, 0.25) is 5.13 Å². The lowest BCUT2D eigenvalue weighted by Crippen LogP contribution is -2.08. The van der Waals surface area contributed by atoms with Crippen LogP contribution in [0.1, 0.15) is 18.9 Å². The highest BCUT2D eigenvalue weighted by Crippen LogP contribution is 2.16. The first kappa shape index (κ1) is 9.91. The first-order valence-electron chi connectivity index (χ1n) is 3.88. The van der Waals surface area contributed by atoms with E-state index in [1.54, 1.807) is 0 Å². The Morgan fingerprint density at radius 3 is 2.85 bits per heavy atom. The van der Waals surface area contributed by atoms with Gasteiger partial charge >= 0.3 is 5.97 Å². The van der Waals surface area contributed by atoms with Crippen molar-refractivity contribution in [3.63, 3.8) is 0 Å². The number of hydrogen-bond acceptors (Lipinski definition) is 5. The Bertz CT molecular complexity index is 298. The Morgan fingerprint density at radius 2 is 2.31 bits per heavy atom. The summed E-state index contributed by atoms with van der Waals surface area (Å²) in [7, 11) is 0. The Hall–Kier alpha value is -1.17. The Balaban J connectivity index is 2.58. The Morgan fingerprint density at radius 1 is 1.62 bits per heavy atom. The summed E-state index contributed by atoms with van der Waals surface area (Å²) in [5.74, 6) is -0.882. The van der Waals surface area contributed by atoms with Gasteiger partial charge in [-0.1, -0.05) is 11.3 Å². The maximum atomic E-state index is 10.3. The number of carboxylic acids is 1. The summed E-state index contributed by atoms with van der Waals surface area (Å²) < 4.78 is 0. The molecule has 0 fully saturated rings. The first-order valence-corrected chi connectivity index (χ1v) is 4.70. The number of aliphatic carboxylic acids is 1. The quantitative estimate of drug-likeness (QED) is 0.759. The molecular weight excluding hydrogens is 190 g/mol. The van der Waals surface area contributed by atoms with E-state index in [0.29, 0.717) is 10.1 Å².